The standard InChI is InChI=1S/C16H28N2/c1-12-7-8-13(2)18(12)17-14-9-15(3,4)11-16(5,6)10-14/h7-8,14,17H,9-11H2,1-6H3. The van der Waals surface area contributed by atoms with E-state index in [1.807, 2.05) is 0 Å². The van der Waals surface area contributed by atoms with Gasteiger partial charge in [0.2, 0.25) is 0 Å². The predicted molar refractivity (Wildman–Crippen MR) is 78.5 cm³/mol. The number of aromatic nitrogens is 1. The fourth-order valence-corrected chi connectivity index (χ4v) is 3.99. The molecule has 1 heterocycles. The van der Waals surface area contributed by atoms with Crippen molar-refractivity contribution in [2.45, 2.75) is 66.8 Å². The lowest BCUT2D eigenvalue weighted by Gasteiger charge is -2.45. The molecule has 0 bridgehead atoms. The summed E-state index contributed by atoms with van der Waals surface area (Å²) in [6.45, 7) is 13.9. The minimum absolute atomic E-state index is 0.439. The Morgan fingerprint density at radius 2 is 1.44 bits per heavy atom. The zero-order valence-corrected chi connectivity index (χ0v) is 12.8. The van der Waals surface area contributed by atoms with E-state index in [9.17, 15) is 0 Å². The predicted octanol–water partition coefficient (Wildman–Crippen LogP) is 4.25. The second-order valence-electron chi connectivity index (χ2n) is 7.69. The summed E-state index contributed by atoms with van der Waals surface area (Å²) >= 11 is 0. The molecule has 1 aliphatic carbocycles. The summed E-state index contributed by atoms with van der Waals surface area (Å²) in [4.78, 5) is 0. The van der Waals surface area contributed by atoms with Gasteiger partial charge in [-0.05, 0) is 56.1 Å². The van der Waals surface area contributed by atoms with Crippen LogP contribution < -0.4 is 5.43 Å². The minimum Gasteiger partial charge on any atom is -0.323 e. The molecular formula is C16H28N2. The lowest BCUT2D eigenvalue weighted by atomic mass is 9.64. The largest absolute Gasteiger partial charge is 0.323 e. The second kappa shape index (κ2) is 4.32. The van der Waals surface area contributed by atoms with Gasteiger partial charge in [-0.2, -0.15) is 0 Å². The van der Waals surface area contributed by atoms with Gasteiger partial charge in [-0.1, -0.05) is 27.7 Å². The Bertz CT molecular complexity index is 391. The Morgan fingerprint density at radius 3 is 1.89 bits per heavy atom. The third-order valence-corrected chi connectivity index (χ3v) is 4.14. The first kappa shape index (κ1) is 13.5. The topological polar surface area (TPSA) is 17.0 Å². The molecule has 18 heavy (non-hydrogen) atoms. The van der Waals surface area contributed by atoms with Crippen LogP contribution in [0.3, 0.4) is 0 Å². The van der Waals surface area contributed by atoms with E-state index in [0.29, 0.717) is 16.9 Å². The van der Waals surface area contributed by atoms with Gasteiger partial charge in [0.15, 0.2) is 0 Å². The molecule has 2 nitrogen and oxygen atoms in total. The normalized spacial score (nSPS) is 23.0. The molecule has 2 rings (SSSR count). The van der Waals surface area contributed by atoms with Crippen LogP contribution in [0, 0.1) is 24.7 Å². The summed E-state index contributed by atoms with van der Waals surface area (Å²) < 4.78 is 2.25. The molecule has 0 unspecified atom stereocenters. The van der Waals surface area contributed by atoms with Crippen molar-refractivity contribution in [3.63, 3.8) is 0 Å². The maximum atomic E-state index is 3.73. The van der Waals surface area contributed by atoms with Gasteiger partial charge in [-0.3, -0.25) is 4.68 Å². The first-order valence-electron chi connectivity index (χ1n) is 7.10. The third-order valence-electron chi connectivity index (χ3n) is 4.14. The zero-order chi connectivity index (χ0) is 13.6. The number of nitrogens with one attached hydrogen (secondary N) is 1. The SMILES string of the molecule is Cc1ccc(C)n1NC1CC(C)(C)CC(C)(C)C1. The quantitative estimate of drug-likeness (QED) is 0.827. The Hall–Kier alpha value is -0.920. The van der Waals surface area contributed by atoms with Crippen LogP contribution in [-0.2, 0) is 0 Å². The molecule has 0 aliphatic heterocycles. The van der Waals surface area contributed by atoms with Crippen LogP contribution in [0.1, 0.15) is 58.3 Å². The van der Waals surface area contributed by atoms with E-state index >= 15 is 0 Å². The molecule has 1 fully saturated rings. The van der Waals surface area contributed by atoms with Crippen molar-refractivity contribution in [2.75, 3.05) is 5.43 Å². The highest BCUT2D eigenvalue weighted by molar-refractivity contribution is 5.16. The summed E-state index contributed by atoms with van der Waals surface area (Å²) in [5, 5.41) is 0. The summed E-state index contributed by atoms with van der Waals surface area (Å²) in [6.07, 6.45) is 3.84. The molecule has 1 saturated carbocycles. The molecule has 1 aromatic heterocycles. The van der Waals surface area contributed by atoms with Gasteiger partial charge in [0.25, 0.3) is 0 Å². The van der Waals surface area contributed by atoms with Crippen molar-refractivity contribution in [2.24, 2.45) is 10.8 Å². The Kier molecular flexibility index (Phi) is 3.25. The van der Waals surface area contributed by atoms with Crippen molar-refractivity contribution in [3.8, 4) is 0 Å². The summed E-state index contributed by atoms with van der Waals surface area (Å²) in [6, 6.07) is 4.94. The van der Waals surface area contributed by atoms with Crippen LogP contribution in [0.4, 0.5) is 0 Å². The Labute approximate surface area is 112 Å². The molecule has 2 heteroatoms. The molecule has 0 atom stereocenters. The van der Waals surface area contributed by atoms with Crippen LogP contribution >= 0.6 is 0 Å². The summed E-state index contributed by atoms with van der Waals surface area (Å²) in [5.41, 5.74) is 7.20. The highest BCUT2D eigenvalue weighted by Crippen LogP contribution is 2.45. The fraction of sp³-hybridized carbons (Fsp3) is 0.750. The van der Waals surface area contributed by atoms with Crippen molar-refractivity contribution < 1.29 is 0 Å². The number of aryl methyl sites for hydroxylation is 2. The average molecular weight is 248 g/mol. The number of hydrogen-bond acceptors (Lipinski definition) is 1. The minimum atomic E-state index is 0.439. The van der Waals surface area contributed by atoms with Crippen molar-refractivity contribution in [1.82, 2.24) is 4.68 Å². The van der Waals surface area contributed by atoms with E-state index in [1.54, 1.807) is 0 Å². The van der Waals surface area contributed by atoms with E-state index in [1.165, 1.54) is 30.7 Å². The van der Waals surface area contributed by atoms with Gasteiger partial charge >= 0.3 is 0 Å². The van der Waals surface area contributed by atoms with Crippen LogP contribution in [0.15, 0.2) is 12.1 Å². The van der Waals surface area contributed by atoms with Gasteiger partial charge in [0, 0.05) is 17.4 Å². The van der Waals surface area contributed by atoms with E-state index in [4.69, 9.17) is 0 Å². The molecule has 1 aromatic rings. The number of hydrogen-bond donors (Lipinski definition) is 1. The zero-order valence-electron chi connectivity index (χ0n) is 12.8. The molecule has 0 aromatic carbocycles. The first-order valence-corrected chi connectivity index (χ1v) is 7.10. The second-order valence-corrected chi connectivity index (χ2v) is 7.69. The lowest BCUT2D eigenvalue weighted by Crippen LogP contribution is -2.43. The maximum absolute atomic E-state index is 3.73. The van der Waals surface area contributed by atoms with E-state index in [2.05, 4.69) is 63.8 Å². The number of nitrogens with zero attached hydrogens (tertiary/aromatic N) is 1. The molecular weight excluding hydrogens is 220 g/mol. The molecule has 1 N–H and O–H groups in total. The van der Waals surface area contributed by atoms with E-state index < -0.39 is 0 Å². The molecule has 0 radical (unpaired) electrons. The van der Waals surface area contributed by atoms with E-state index in [0.717, 1.165) is 0 Å². The highest BCUT2D eigenvalue weighted by Gasteiger charge is 2.38. The van der Waals surface area contributed by atoms with Gasteiger partial charge in [0.05, 0.1) is 0 Å². The fourth-order valence-electron chi connectivity index (χ4n) is 3.99. The van der Waals surface area contributed by atoms with Crippen LogP contribution in [0.2, 0.25) is 0 Å². The van der Waals surface area contributed by atoms with Gasteiger partial charge in [-0.25, -0.2) is 0 Å². The van der Waals surface area contributed by atoms with Crippen molar-refractivity contribution in [1.29, 1.82) is 0 Å². The average Bonchev–Trinajstić information content (AvgIpc) is 2.44. The van der Waals surface area contributed by atoms with E-state index in [-0.39, 0.29) is 0 Å². The van der Waals surface area contributed by atoms with Crippen LogP contribution in [0.25, 0.3) is 0 Å². The number of rotatable bonds is 2. The maximum Gasteiger partial charge on any atom is 0.0434 e. The molecule has 102 valence electrons. The van der Waals surface area contributed by atoms with Crippen molar-refractivity contribution >= 4 is 0 Å². The van der Waals surface area contributed by atoms with Gasteiger partial charge in [-0.15, -0.1) is 0 Å². The van der Waals surface area contributed by atoms with Crippen LogP contribution in [0.5, 0.6) is 0 Å². The summed E-state index contributed by atoms with van der Waals surface area (Å²) in [7, 11) is 0. The molecule has 1 aliphatic rings. The third kappa shape index (κ3) is 2.90. The highest BCUT2D eigenvalue weighted by atomic mass is 15.4. The Balaban J connectivity index is 2.14. The van der Waals surface area contributed by atoms with Gasteiger partial charge < -0.3 is 5.43 Å². The van der Waals surface area contributed by atoms with Crippen LogP contribution in [-0.4, -0.2) is 10.7 Å². The monoisotopic (exact) mass is 248 g/mol. The van der Waals surface area contributed by atoms with Crippen molar-refractivity contribution in [3.05, 3.63) is 23.5 Å². The lowest BCUT2D eigenvalue weighted by molar-refractivity contribution is 0.101. The molecule has 0 spiro atoms. The Morgan fingerprint density at radius 1 is 1.00 bits per heavy atom. The van der Waals surface area contributed by atoms with Gasteiger partial charge in [0.1, 0.15) is 0 Å². The molecule has 0 amide bonds. The smallest absolute Gasteiger partial charge is 0.0434 e. The summed E-state index contributed by atoms with van der Waals surface area (Å²) in [5.74, 6) is 0. The molecule has 0 saturated heterocycles. The first-order chi connectivity index (χ1) is 8.19.